The molecule has 0 radical (unpaired) electrons. The molecule has 2 aromatic rings. The fourth-order valence-electron chi connectivity index (χ4n) is 4.19. The summed E-state index contributed by atoms with van der Waals surface area (Å²) in [5.41, 5.74) is 1.41. The van der Waals surface area contributed by atoms with Crippen molar-refractivity contribution in [2.45, 2.75) is 58.3 Å². The standard InChI is InChI=1S/C27H37ClN4O2/c1-19(2)25(33)31-24-8-5-7-23(30-24)20-13-17-32(18-14-20)16-6-15-29-26(34)27(3,4)21-9-11-22(28)12-10-21/h5,7-12,19-20H,6,13-18H2,1-4H3,(H,29,34)(H,30,31,33). The van der Waals surface area contributed by atoms with Gasteiger partial charge in [-0.1, -0.05) is 43.6 Å². The second-order valence-electron chi connectivity index (χ2n) is 9.95. The molecule has 6 nitrogen and oxygen atoms in total. The zero-order chi connectivity index (χ0) is 24.7. The van der Waals surface area contributed by atoms with Gasteiger partial charge in [-0.05, 0) is 82.6 Å². The van der Waals surface area contributed by atoms with E-state index in [0.717, 1.165) is 50.2 Å². The van der Waals surface area contributed by atoms with E-state index in [-0.39, 0.29) is 17.7 Å². The number of likely N-dealkylation sites (tertiary alicyclic amines) is 1. The monoisotopic (exact) mass is 484 g/mol. The molecule has 1 aromatic carbocycles. The van der Waals surface area contributed by atoms with Crippen molar-refractivity contribution in [2.24, 2.45) is 5.92 Å². The van der Waals surface area contributed by atoms with Crippen LogP contribution in [0.3, 0.4) is 0 Å². The minimum atomic E-state index is -0.598. The van der Waals surface area contributed by atoms with Gasteiger partial charge in [0.15, 0.2) is 0 Å². The number of hydrogen-bond donors (Lipinski definition) is 2. The molecule has 2 heterocycles. The Labute approximate surface area is 208 Å². The molecular formula is C27H37ClN4O2. The number of pyridine rings is 1. The quantitative estimate of drug-likeness (QED) is 0.491. The maximum absolute atomic E-state index is 12.7. The van der Waals surface area contributed by atoms with Crippen LogP contribution in [0.25, 0.3) is 0 Å². The van der Waals surface area contributed by atoms with Gasteiger partial charge in [-0.3, -0.25) is 9.59 Å². The smallest absolute Gasteiger partial charge is 0.230 e. The number of hydrogen-bond acceptors (Lipinski definition) is 4. The largest absolute Gasteiger partial charge is 0.355 e. The van der Waals surface area contributed by atoms with Crippen LogP contribution >= 0.6 is 11.6 Å². The van der Waals surface area contributed by atoms with Gasteiger partial charge in [0.1, 0.15) is 5.82 Å². The molecule has 2 amide bonds. The number of aromatic nitrogens is 1. The lowest BCUT2D eigenvalue weighted by Gasteiger charge is -2.32. The van der Waals surface area contributed by atoms with Gasteiger partial charge in [-0.15, -0.1) is 0 Å². The van der Waals surface area contributed by atoms with E-state index in [1.165, 1.54) is 0 Å². The number of rotatable bonds is 9. The molecule has 0 unspecified atom stereocenters. The van der Waals surface area contributed by atoms with Gasteiger partial charge in [0, 0.05) is 29.1 Å². The fraction of sp³-hybridized carbons (Fsp3) is 0.519. The van der Waals surface area contributed by atoms with Gasteiger partial charge in [0.25, 0.3) is 0 Å². The van der Waals surface area contributed by atoms with Crippen molar-refractivity contribution >= 4 is 29.2 Å². The summed E-state index contributed by atoms with van der Waals surface area (Å²) in [7, 11) is 0. The first-order valence-electron chi connectivity index (χ1n) is 12.2. The van der Waals surface area contributed by atoms with Crippen LogP contribution < -0.4 is 10.6 Å². The lowest BCUT2D eigenvalue weighted by molar-refractivity contribution is -0.125. The minimum Gasteiger partial charge on any atom is -0.355 e. The van der Waals surface area contributed by atoms with Crippen LogP contribution in [0.5, 0.6) is 0 Å². The van der Waals surface area contributed by atoms with Crippen LogP contribution in [0.2, 0.25) is 5.02 Å². The van der Waals surface area contributed by atoms with Gasteiger partial charge < -0.3 is 15.5 Å². The molecule has 3 rings (SSSR count). The van der Waals surface area contributed by atoms with E-state index < -0.39 is 5.41 Å². The van der Waals surface area contributed by atoms with Gasteiger partial charge in [0.2, 0.25) is 11.8 Å². The molecule has 0 aliphatic carbocycles. The highest BCUT2D eigenvalue weighted by Crippen LogP contribution is 2.28. The van der Waals surface area contributed by atoms with Crippen LogP contribution in [0.15, 0.2) is 42.5 Å². The Morgan fingerprint density at radius 3 is 2.44 bits per heavy atom. The predicted molar refractivity (Wildman–Crippen MR) is 138 cm³/mol. The molecule has 1 saturated heterocycles. The highest BCUT2D eigenvalue weighted by Gasteiger charge is 2.29. The number of nitrogens with one attached hydrogen (secondary N) is 2. The van der Waals surface area contributed by atoms with Crippen molar-refractivity contribution in [3.8, 4) is 0 Å². The van der Waals surface area contributed by atoms with Crippen molar-refractivity contribution in [3.63, 3.8) is 0 Å². The number of anilines is 1. The van der Waals surface area contributed by atoms with Crippen LogP contribution in [0.4, 0.5) is 5.82 Å². The topological polar surface area (TPSA) is 74.3 Å². The summed E-state index contributed by atoms with van der Waals surface area (Å²) in [6.07, 6.45) is 3.01. The number of halogens is 1. The normalized spacial score (nSPS) is 15.4. The first-order chi connectivity index (χ1) is 16.2. The summed E-state index contributed by atoms with van der Waals surface area (Å²) in [6, 6.07) is 13.3. The number of carbonyl (C=O) groups is 2. The number of carbonyl (C=O) groups excluding carboxylic acids is 2. The van der Waals surface area contributed by atoms with Gasteiger partial charge in [-0.25, -0.2) is 4.98 Å². The third kappa shape index (κ3) is 7.03. The average molecular weight is 485 g/mol. The first-order valence-corrected chi connectivity index (χ1v) is 12.6. The van der Waals surface area contributed by atoms with E-state index in [2.05, 4.69) is 26.6 Å². The molecule has 0 saturated carbocycles. The molecule has 34 heavy (non-hydrogen) atoms. The molecule has 1 fully saturated rings. The van der Waals surface area contributed by atoms with Gasteiger partial charge in [-0.2, -0.15) is 0 Å². The van der Waals surface area contributed by atoms with Crippen molar-refractivity contribution < 1.29 is 9.59 Å². The third-order valence-corrected chi connectivity index (χ3v) is 6.87. The van der Waals surface area contributed by atoms with Crippen LogP contribution in [-0.2, 0) is 15.0 Å². The van der Waals surface area contributed by atoms with Crippen LogP contribution in [0.1, 0.15) is 64.1 Å². The Bertz CT molecular complexity index is 967. The number of nitrogens with zero attached hydrogens (tertiary/aromatic N) is 2. The predicted octanol–water partition coefficient (Wildman–Crippen LogP) is 4.99. The summed E-state index contributed by atoms with van der Waals surface area (Å²) in [4.78, 5) is 31.8. The van der Waals surface area contributed by atoms with Crippen molar-refractivity contribution in [1.82, 2.24) is 15.2 Å². The van der Waals surface area contributed by atoms with Crippen molar-refractivity contribution in [1.29, 1.82) is 0 Å². The molecule has 1 aliphatic rings. The van der Waals surface area contributed by atoms with Crippen LogP contribution in [0, 0.1) is 5.92 Å². The Morgan fingerprint density at radius 2 is 1.79 bits per heavy atom. The maximum atomic E-state index is 12.7. The molecular weight excluding hydrogens is 448 g/mol. The molecule has 0 spiro atoms. The summed E-state index contributed by atoms with van der Waals surface area (Å²) >= 11 is 5.97. The van der Waals surface area contributed by atoms with E-state index in [4.69, 9.17) is 11.6 Å². The highest BCUT2D eigenvalue weighted by atomic mass is 35.5. The molecule has 7 heteroatoms. The zero-order valence-electron chi connectivity index (χ0n) is 20.7. The third-order valence-electron chi connectivity index (χ3n) is 6.62. The van der Waals surface area contributed by atoms with E-state index in [9.17, 15) is 9.59 Å². The summed E-state index contributed by atoms with van der Waals surface area (Å²) in [6.45, 7) is 11.3. The van der Waals surface area contributed by atoms with Crippen LogP contribution in [-0.4, -0.2) is 47.9 Å². The molecule has 1 aliphatic heterocycles. The summed E-state index contributed by atoms with van der Waals surface area (Å²) in [5.74, 6) is 0.997. The molecule has 0 bridgehead atoms. The van der Waals surface area contributed by atoms with Gasteiger partial charge in [0.05, 0.1) is 5.41 Å². The molecule has 1 aromatic heterocycles. The zero-order valence-corrected chi connectivity index (χ0v) is 21.5. The summed E-state index contributed by atoms with van der Waals surface area (Å²) < 4.78 is 0. The van der Waals surface area contributed by atoms with Crippen molar-refractivity contribution in [2.75, 3.05) is 31.5 Å². The second kappa shape index (κ2) is 11.8. The number of piperidine rings is 1. The van der Waals surface area contributed by atoms with Crippen molar-refractivity contribution in [3.05, 3.63) is 58.7 Å². The summed E-state index contributed by atoms with van der Waals surface area (Å²) in [5, 5.41) is 6.66. The Morgan fingerprint density at radius 1 is 1.12 bits per heavy atom. The molecule has 184 valence electrons. The Kier molecular flexibility index (Phi) is 9.09. The Hall–Kier alpha value is -2.44. The lowest BCUT2D eigenvalue weighted by atomic mass is 9.84. The maximum Gasteiger partial charge on any atom is 0.230 e. The van der Waals surface area contributed by atoms with Gasteiger partial charge >= 0.3 is 0 Å². The second-order valence-corrected chi connectivity index (χ2v) is 10.4. The molecule has 2 N–H and O–H groups in total. The average Bonchev–Trinajstić information content (AvgIpc) is 2.82. The number of amides is 2. The number of benzene rings is 1. The van der Waals surface area contributed by atoms with E-state index in [0.29, 0.717) is 23.3 Å². The first kappa shape index (κ1) is 26.2. The SMILES string of the molecule is CC(C)C(=O)Nc1cccc(C2CCN(CCCNC(=O)C(C)(C)c3ccc(Cl)cc3)CC2)n1. The lowest BCUT2D eigenvalue weighted by Crippen LogP contribution is -2.41. The van der Waals surface area contributed by atoms with E-state index in [1.54, 1.807) is 0 Å². The highest BCUT2D eigenvalue weighted by molar-refractivity contribution is 6.30. The Balaban J connectivity index is 1.40. The fourth-order valence-corrected chi connectivity index (χ4v) is 4.32. The molecule has 0 atom stereocenters. The van der Waals surface area contributed by atoms with E-state index in [1.807, 2.05) is 64.1 Å². The van der Waals surface area contributed by atoms with E-state index >= 15 is 0 Å². The minimum absolute atomic E-state index is 0.0110.